The van der Waals surface area contributed by atoms with Gasteiger partial charge in [-0.2, -0.15) is 0 Å². The van der Waals surface area contributed by atoms with E-state index in [0.29, 0.717) is 6.54 Å². The van der Waals surface area contributed by atoms with Crippen molar-refractivity contribution in [2.45, 2.75) is 0 Å². The van der Waals surface area contributed by atoms with E-state index in [1.165, 1.54) is 0 Å². The van der Waals surface area contributed by atoms with Crippen LogP contribution in [0.3, 0.4) is 0 Å². The number of nitrogens with one attached hydrogen (secondary N) is 2. The number of nitrogens with two attached hydrogens (primary N) is 1. The molecule has 1 saturated heterocycles. The van der Waals surface area contributed by atoms with Gasteiger partial charge in [-0.25, -0.2) is 0 Å². The summed E-state index contributed by atoms with van der Waals surface area (Å²) >= 11 is 0. The highest BCUT2D eigenvalue weighted by Gasteiger charge is 1.91. The summed E-state index contributed by atoms with van der Waals surface area (Å²) in [5, 5.41) is 14.2. The first-order chi connectivity index (χ1) is 4.91. The van der Waals surface area contributed by atoms with Gasteiger partial charge >= 0.3 is 0 Å². The van der Waals surface area contributed by atoms with Crippen molar-refractivity contribution in [3.05, 3.63) is 0 Å². The third kappa shape index (κ3) is 7.84. The van der Waals surface area contributed by atoms with E-state index in [4.69, 9.17) is 10.8 Å². The van der Waals surface area contributed by atoms with Crippen LogP contribution in [-0.4, -0.2) is 44.4 Å². The molecule has 0 aromatic rings. The topological polar surface area (TPSA) is 70.3 Å². The minimum absolute atomic E-state index is 0.0972. The average Bonchev–Trinajstić information content (AvgIpc) is 2.08. The fraction of sp³-hybridized carbons (Fsp3) is 1.00. The van der Waals surface area contributed by atoms with Crippen LogP contribution in [0.1, 0.15) is 0 Å². The van der Waals surface area contributed by atoms with Gasteiger partial charge in [-0.05, 0) is 0 Å². The van der Waals surface area contributed by atoms with E-state index >= 15 is 0 Å². The van der Waals surface area contributed by atoms with E-state index in [1.807, 2.05) is 0 Å². The summed E-state index contributed by atoms with van der Waals surface area (Å²) < 4.78 is 0. The van der Waals surface area contributed by atoms with E-state index in [1.54, 1.807) is 0 Å². The third-order valence-electron chi connectivity index (χ3n) is 1.09. The minimum atomic E-state index is 0.0972. The van der Waals surface area contributed by atoms with Gasteiger partial charge in [-0.3, -0.25) is 0 Å². The smallest absolute Gasteiger partial charge is 0.0553 e. The van der Waals surface area contributed by atoms with Gasteiger partial charge in [0.15, 0.2) is 0 Å². The lowest BCUT2D eigenvalue weighted by molar-refractivity contribution is 0.306. The second kappa shape index (κ2) is 8.84. The Morgan fingerprint density at radius 3 is 1.50 bits per heavy atom. The molecular weight excluding hydrogens is 130 g/mol. The highest BCUT2D eigenvalue weighted by Crippen LogP contribution is 1.65. The summed E-state index contributed by atoms with van der Waals surface area (Å²) in [4.78, 5) is 0. The van der Waals surface area contributed by atoms with Crippen LogP contribution in [0.5, 0.6) is 0 Å². The van der Waals surface area contributed by atoms with Crippen molar-refractivity contribution in [3.8, 4) is 0 Å². The van der Waals surface area contributed by atoms with Crippen molar-refractivity contribution >= 4 is 0 Å². The van der Waals surface area contributed by atoms with Gasteiger partial charge in [0.25, 0.3) is 0 Å². The lowest BCUT2D eigenvalue weighted by atomic mass is 10.4. The van der Waals surface area contributed by atoms with Gasteiger partial charge in [0.2, 0.25) is 0 Å². The molecule has 0 aromatic heterocycles. The molecule has 4 nitrogen and oxygen atoms in total. The Morgan fingerprint density at radius 2 is 1.40 bits per heavy atom. The first-order valence-corrected chi connectivity index (χ1v) is 3.64. The van der Waals surface area contributed by atoms with Crippen LogP contribution in [-0.2, 0) is 0 Å². The average molecular weight is 147 g/mol. The van der Waals surface area contributed by atoms with Crippen LogP contribution in [0.4, 0.5) is 0 Å². The molecule has 1 aliphatic rings. The Labute approximate surface area is 61.8 Å². The van der Waals surface area contributed by atoms with Crippen molar-refractivity contribution < 1.29 is 5.11 Å². The van der Waals surface area contributed by atoms with Crippen molar-refractivity contribution in [1.29, 1.82) is 0 Å². The predicted octanol–water partition coefficient (Wildman–Crippen LogP) is -1.88. The number of hydrogen-bond donors (Lipinski definition) is 4. The molecule has 1 rings (SSSR count). The minimum Gasteiger partial charge on any atom is -0.395 e. The summed E-state index contributed by atoms with van der Waals surface area (Å²) in [5.41, 5.74) is 4.78. The maximum atomic E-state index is 7.75. The Morgan fingerprint density at radius 1 is 1.10 bits per heavy atom. The molecule has 1 aliphatic heterocycles. The molecule has 0 amide bonds. The molecule has 0 atom stereocenters. The van der Waals surface area contributed by atoms with Crippen molar-refractivity contribution in [3.63, 3.8) is 0 Å². The van der Waals surface area contributed by atoms with Gasteiger partial charge in [-0.15, -0.1) is 0 Å². The number of piperazine rings is 1. The largest absolute Gasteiger partial charge is 0.395 e. The standard InChI is InChI=1S/C4H10N2.C2H7NO/c1-2-6-4-3-5-1;3-1-2-4/h5-6H,1-4H2;4H,1-3H2. The van der Waals surface area contributed by atoms with Gasteiger partial charge in [0.1, 0.15) is 0 Å². The predicted molar refractivity (Wildman–Crippen MR) is 41.9 cm³/mol. The van der Waals surface area contributed by atoms with Crippen LogP contribution < -0.4 is 16.4 Å². The highest BCUT2D eigenvalue weighted by atomic mass is 16.3. The van der Waals surface area contributed by atoms with E-state index in [2.05, 4.69) is 10.6 Å². The third-order valence-corrected chi connectivity index (χ3v) is 1.09. The van der Waals surface area contributed by atoms with Crippen LogP contribution in [0.25, 0.3) is 0 Å². The Hall–Kier alpha value is -0.160. The highest BCUT2D eigenvalue weighted by molar-refractivity contribution is 4.59. The van der Waals surface area contributed by atoms with E-state index < -0.39 is 0 Å². The Balaban J connectivity index is 0.000000180. The molecule has 0 aromatic carbocycles. The van der Waals surface area contributed by atoms with Gasteiger partial charge < -0.3 is 21.5 Å². The Kier molecular flexibility index (Phi) is 8.70. The lowest BCUT2D eigenvalue weighted by Gasteiger charge is -2.11. The summed E-state index contributed by atoms with van der Waals surface area (Å²) in [5.74, 6) is 0. The second-order valence-corrected chi connectivity index (χ2v) is 2.01. The Bertz CT molecular complexity index is 43.4. The van der Waals surface area contributed by atoms with E-state index in [9.17, 15) is 0 Å². The maximum absolute atomic E-state index is 7.75. The zero-order valence-electron chi connectivity index (χ0n) is 6.27. The van der Waals surface area contributed by atoms with Crippen LogP contribution >= 0.6 is 0 Å². The first-order valence-electron chi connectivity index (χ1n) is 3.64. The zero-order valence-corrected chi connectivity index (χ0v) is 6.27. The normalized spacial score (nSPS) is 17.4. The van der Waals surface area contributed by atoms with Gasteiger partial charge in [0.05, 0.1) is 6.61 Å². The SMILES string of the molecule is C1CNCCN1.NCCO. The number of hydrogen-bond acceptors (Lipinski definition) is 4. The summed E-state index contributed by atoms with van der Waals surface area (Å²) in [6, 6.07) is 0. The molecule has 0 saturated carbocycles. The number of rotatable bonds is 1. The molecule has 0 bridgehead atoms. The van der Waals surface area contributed by atoms with Crippen molar-refractivity contribution in [2.75, 3.05) is 39.3 Å². The van der Waals surface area contributed by atoms with Crippen LogP contribution in [0.2, 0.25) is 0 Å². The molecule has 0 unspecified atom stereocenters. The number of aliphatic hydroxyl groups is 1. The molecule has 4 heteroatoms. The molecule has 1 fully saturated rings. The van der Waals surface area contributed by atoms with Crippen molar-refractivity contribution in [2.24, 2.45) is 5.73 Å². The van der Waals surface area contributed by atoms with Gasteiger partial charge in [-0.1, -0.05) is 0 Å². The fourth-order valence-electron chi connectivity index (χ4n) is 0.604. The first kappa shape index (κ1) is 9.84. The summed E-state index contributed by atoms with van der Waals surface area (Å²) in [6.45, 7) is 5.03. The van der Waals surface area contributed by atoms with E-state index in [0.717, 1.165) is 26.2 Å². The van der Waals surface area contributed by atoms with Crippen molar-refractivity contribution in [1.82, 2.24) is 10.6 Å². The van der Waals surface area contributed by atoms with Crippen LogP contribution in [0, 0.1) is 0 Å². The quantitative estimate of drug-likeness (QED) is 0.350. The molecule has 1 heterocycles. The van der Waals surface area contributed by atoms with Crippen LogP contribution in [0.15, 0.2) is 0 Å². The molecule has 0 aliphatic carbocycles. The molecule has 0 spiro atoms. The van der Waals surface area contributed by atoms with Gasteiger partial charge in [0, 0.05) is 32.7 Å². The lowest BCUT2D eigenvalue weighted by Crippen LogP contribution is -2.39. The second-order valence-electron chi connectivity index (χ2n) is 2.01. The molecule has 62 valence electrons. The fourth-order valence-corrected chi connectivity index (χ4v) is 0.604. The molecule has 5 N–H and O–H groups in total. The maximum Gasteiger partial charge on any atom is 0.0553 e. The summed E-state index contributed by atoms with van der Waals surface area (Å²) in [7, 11) is 0. The number of aliphatic hydroxyl groups excluding tert-OH is 1. The molecule has 0 radical (unpaired) electrons. The molecular formula is C6H17N3O. The summed E-state index contributed by atoms with van der Waals surface area (Å²) in [6.07, 6.45) is 0. The van der Waals surface area contributed by atoms with E-state index in [-0.39, 0.29) is 6.61 Å². The monoisotopic (exact) mass is 147 g/mol. The molecule has 10 heavy (non-hydrogen) atoms. The zero-order chi connectivity index (χ0) is 7.66.